The maximum Gasteiger partial charge on any atom is 0.123 e. The predicted octanol–water partition coefficient (Wildman–Crippen LogP) is 1.89. The maximum atomic E-state index is 12.9. The third kappa shape index (κ3) is 1.46. The van der Waals surface area contributed by atoms with Gasteiger partial charge in [-0.15, -0.1) is 0 Å². The van der Waals surface area contributed by atoms with Gasteiger partial charge in [0.2, 0.25) is 0 Å². The molecule has 1 aliphatic rings. The number of benzene rings is 1. The van der Waals surface area contributed by atoms with E-state index in [1.165, 1.54) is 11.6 Å². The standard InChI is InChI=1S/C11H14FN/c1-11(7-13)5-8-2-3-10(12)4-9(8)6-11/h2-4H,5-7,13H2,1H3. The molecule has 1 aliphatic carbocycles. The van der Waals surface area contributed by atoms with Crippen LogP contribution in [0.25, 0.3) is 0 Å². The second kappa shape index (κ2) is 2.81. The SMILES string of the molecule is CC1(CN)Cc2ccc(F)cc2C1. The van der Waals surface area contributed by atoms with Crippen LogP contribution in [0.3, 0.4) is 0 Å². The fraction of sp³-hybridized carbons (Fsp3) is 0.455. The van der Waals surface area contributed by atoms with Crippen LogP contribution in [-0.2, 0) is 12.8 Å². The Balaban J connectivity index is 2.35. The van der Waals surface area contributed by atoms with Gasteiger partial charge in [0, 0.05) is 0 Å². The Hall–Kier alpha value is -0.890. The fourth-order valence-electron chi connectivity index (χ4n) is 2.06. The zero-order chi connectivity index (χ0) is 9.47. The molecule has 0 saturated heterocycles. The van der Waals surface area contributed by atoms with E-state index in [1.54, 1.807) is 6.07 Å². The molecule has 0 fully saturated rings. The first kappa shape index (κ1) is 8.70. The minimum absolute atomic E-state index is 0.139. The normalized spacial score (nSPS) is 26.1. The van der Waals surface area contributed by atoms with Crippen molar-refractivity contribution in [3.8, 4) is 0 Å². The van der Waals surface area contributed by atoms with Gasteiger partial charge in [0.05, 0.1) is 0 Å². The molecule has 1 nitrogen and oxygen atoms in total. The molecule has 0 aliphatic heterocycles. The summed E-state index contributed by atoms with van der Waals surface area (Å²) in [6.07, 6.45) is 1.90. The summed E-state index contributed by atoms with van der Waals surface area (Å²) >= 11 is 0. The number of halogens is 1. The van der Waals surface area contributed by atoms with Crippen molar-refractivity contribution in [3.63, 3.8) is 0 Å². The van der Waals surface area contributed by atoms with Crippen LogP contribution in [0.4, 0.5) is 4.39 Å². The average molecular weight is 179 g/mol. The summed E-state index contributed by atoms with van der Waals surface area (Å²) in [6.45, 7) is 2.83. The van der Waals surface area contributed by atoms with Gasteiger partial charge < -0.3 is 5.73 Å². The van der Waals surface area contributed by atoms with Crippen molar-refractivity contribution in [1.82, 2.24) is 0 Å². The lowest BCUT2D eigenvalue weighted by Crippen LogP contribution is -2.27. The highest BCUT2D eigenvalue weighted by Gasteiger charge is 2.31. The molecule has 0 aromatic heterocycles. The molecule has 0 saturated carbocycles. The average Bonchev–Trinajstić information content (AvgIpc) is 2.42. The molecule has 2 rings (SSSR count). The van der Waals surface area contributed by atoms with Crippen LogP contribution in [0.2, 0.25) is 0 Å². The van der Waals surface area contributed by atoms with Crippen molar-refractivity contribution in [2.75, 3.05) is 6.54 Å². The van der Waals surface area contributed by atoms with Gasteiger partial charge in [0.15, 0.2) is 0 Å². The molecule has 13 heavy (non-hydrogen) atoms. The second-order valence-electron chi connectivity index (χ2n) is 4.28. The number of fused-ring (bicyclic) bond motifs is 1. The van der Waals surface area contributed by atoms with Gasteiger partial charge >= 0.3 is 0 Å². The van der Waals surface area contributed by atoms with Crippen LogP contribution in [0, 0.1) is 11.2 Å². The molecule has 1 atom stereocenters. The van der Waals surface area contributed by atoms with Crippen molar-refractivity contribution in [2.45, 2.75) is 19.8 Å². The molecule has 0 bridgehead atoms. The van der Waals surface area contributed by atoms with Crippen LogP contribution in [-0.4, -0.2) is 6.54 Å². The molecule has 0 heterocycles. The van der Waals surface area contributed by atoms with Gasteiger partial charge in [-0.05, 0) is 48.1 Å². The highest BCUT2D eigenvalue weighted by atomic mass is 19.1. The van der Waals surface area contributed by atoms with E-state index in [0.717, 1.165) is 18.4 Å². The maximum absolute atomic E-state index is 12.9. The highest BCUT2D eigenvalue weighted by Crippen LogP contribution is 2.35. The first-order chi connectivity index (χ1) is 6.13. The Bertz CT molecular complexity index is 335. The van der Waals surface area contributed by atoms with Crippen molar-refractivity contribution < 1.29 is 4.39 Å². The van der Waals surface area contributed by atoms with Crippen LogP contribution in [0.5, 0.6) is 0 Å². The summed E-state index contributed by atoms with van der Waals surface area (Å²) in [4.78, 5) is 0. The zero-order valence-corrected chi connectivity index (χ0v) is 7.81. The third-order valence-corrected chi connectivity index (χ3v) is 2.90. The quantitative estimate of drug-likeness (QED) is 0.700. The molecule has 1 unspecified atom stereocenters. The van der Waals surface area contributed by atoms with Crippen LogP contribution in [0.15, 0.2) is 18.2 Å². The number of hydrogen-bond donors (Lipinski definition) is 1. The van der Waals surface area contributed by atoms with Gasteiger partial charge in [-0.1, -0.05) is 13.0 Å². The van der Waals surface area contributed by atoms with Gasteiger partial charge in [-0.2, -0.15) is 0 Å². The van der Waals surface area contributed by atoms with E-state index in [4.69, 9.17) is 5.73 Å². The molecule has 0 spiro atoms. The van der Waals surface area contributed by atoms with Gasteiger partial charge in [0.1, 0.15) is 5.82 Å². The van der Waals surface area contributed by atoms with Crippen LogP contribution in [0.1, 0.15) is 18.1 Å². The topological polar surface area (TPSA) is 26.0 Å². The summed E-state index contributed by atoms with van der Waals surface area (Å²) in [5.74, 6) is -0.139. The summed E-state index contributed by atoms with van der Waals surface area (Å²) in [6, 6.07) is 5.04. The molecule has 2 N–H and O–H groups in total. The summed E-state index contributed by atoms with van der Waals surface area (Å²) < 4.78 is 12.9. The van der Waals surface area contributed by atoms with E-state index in [0.29, 0.717) is 6.54 Å². The third-order valence-electron chi connectivity index (χ3n) is 2.90. The number of nitrogens with two attached hydrogens (primary N) is 1. The zero-order valence-electron chi connectivity index (χ0n) is 7.81. The first-order valence-corrected chi connectivity index (χ1v) is 4.60. The molecule has 2 heteroatoms. The lowest BCUT2D eigenvalue weighted by Gasteiger charge is -2.20. The van der Waals surface area contributed by atoms with Gasteiger partial charge in [-0.3, -0.25) is 0 Å². The Morgan fingerprint density at radius 1 is 1.38 bits per heavy atom. The minimum atomic E-state index is -0.139. The second-order valence-corrected chi connectivity index (χ2v) is 4.28. The Kier molecular flexibility index (Phi) is 1.88. The number of rotatable bonds is 1. The highest BCUT2D eigenvalue weighted by molar-refractivity contribution is 5.34. The van der Waals surface area contributed by atoms with E-state index in [2.05, 4.69) is 6.92 Å². The molecule has 70 valence electrons. The summed E-state index contributed by atoms with van der Waals surface area (Å²) in [5, 5.41) is 0. The van der Waals surface area contributed by atoms with Gasteiger partial charge in [0.25, 0.3) is 0 Å². The lowest BCUT2D eigenvalue weighted by atomic mass is 9.88. The van der Waals surface area contributed by atoms with Gasteiger partial charge in [-0.25, -0.2) is 4.39 Å². The minimum Gasteiger partial charge on any atom is -0.330 e. The van der Waals surface area contributed by atoms with Crippen molar-refractivity contribution >= 4 is 0 Å². The van der Waals surface area contributed by atoms with E-state index in [1.807, 2.05) is 6.07 Å². The Morgan fingerprint density at radius 2 is 2.08 bits per heavy atom. The predicted molar refractivity (Wildman–Crippen MR) is 51.0 cm³/mol. The molecule has 1 aromatic rings. The molecular formula is C11H14FN. The van der Waals surface area contributed by atoms with E-state index >= 15 is 0 Å². The van der Waals surface area contributed by atoms with Crippen molar-refractivity contribution in [3.05, 3.63) is 35.1 Å². The number of hydrogen-bond acceptors (Lipinski definition) is 1. The monoisotopic (exact) mass is 179 g/mol. The smallest absolute Gasteiger partial charge is 0.123 e. The Morgan fingerprint density at radius 3 is 2.77 bits per heavy atom. The summed E-state index contributed by atoms with van der Waals surface area (Å²) in [5.41, 5.74) is 8.23. The van der Waals surface area contributed by atoms with E-state index in [9.17, 15) is 4.39 Å². The molecular weight excluding hydrogens is 165 g/mol. The largest absolute Gasteiger partial charge is 0.330 e. The molecule has 0 amide bonds. The van der Waals surface area contributed by atoms with Crippen molar-refractivity contribution in [1.29, 1.82) is 0 Å². The van der Waals surface area contributed by atoms with E-state index in [-0.39, 0.29) is 11.2 Å². The lowest BCUT2D eigenvalue weighted by molar-refractivity contribution is 0.359. The Labute approximate surface area is 77.8 Å². The summed E-state index contributed by atoms with van der Waals surface area (Å²) in [7, 11) is 0. The van der Waals surface area contributed by atoms with Crippen molar-refractivity contribution in [2.24, 2.45) is 11.1 Å². The van der Waals surface area contributed by atoms with E-state index < -0.39 is 0 Å². The fourth-order valence-corrected chi connectivity index (χ4v) is 2.06. The molecule has 0 radical (unpaired) electrons. The molecule has 1 aromatic carbocycles. The first-order valence-electron chi connectivity index (χ1n) is 4.60. The van der Waals surface area contributed by atoms with Crippen LogP contribution < -0.4 is 5.73 Å². The van der Waals surface area contributed by atoms with Crippen LogP contribution >= 0.6 is 0 Å².